The number of aromatic hydroxyl groups is 1. The van der Waals surface area contributed by atoms with Crippen LogP contribution in [0.15, 0.2) is 21.5 Å². The molecule has 5 heteroatoms. The van der Waals surface area contributed by atoms with Crippen LogP contribution in [-0.4, -0.2) is 16.2 Å². The van der Waals surface area contributed by atoms with E-state index < -0.39 is 11.6 Å². The Labute approximate surface area is 73.2 Å². The van der Waals surface area contributed by atoms with Crippen LogP contribution in [0.5, 0.6) is 5.75 Å². The Balaban J connectivity index is 2.87. The second kappa shape index (κ2) is 3.75. The second-order valence-electron chi connectivity index (χ2n) is 2.47. The van der Waals surface area contributed by atoms with Crippen molar-refractivity contribution in [3.8, 4) is 5.75 Å². The molecule has 1 heterocycles. The van der Waals surface area contributed by atoms with Crippen LogP contribution < -0.4 is 5.63 Å². The SMILES string of the molecule is O=C(O)CCc1c(O)ccoc1=O. The van der Waals surface area contributed by atoms with Crippen molar-refractivity contribution in [1.29, 1.82) is 0 Å². The maximum atomic E-state index is 10.9. The van der Waals surface area contributed by atoms with Gasteiger partial charge in [-0.25, -0.2) is 4.79 Å². The second-order valence-corrected chi connectivity index (χ2v) is 2.47. The van der Waals surface area contributed by atoms with E-state index in [1.807, 2.05) is 0 Å². The van der Waals surface area contributed by atoms with Crippen LogP contribution in [0.2, 0.25) is 0 Å². The van der Waals surface area contributed by atoms with Crippen molar-refractivity contribution in [2.24, 2.45) is 0 Å². The standard InChI is InChI=1S/C8H8O5/c9-6-3-4-13-8(12)5(6)1-2-7(10)11/h3-4,9H,1-2H2,(H,10,11). The summed E-state index contributed by atoms with van der Waals surface area (Å²) in [6.45, 7) is 0. The van der Waals surface area contributed by atoms with Gasteiger partial charge in [-0.1, -0.05) is 0 Å². The molecule has 0 fully saturated rings. The third-order valence-corrected chi connectivity index (χ3v) is 1.55. The highest BCUT2D eigenvalue weighted by molar-refractivity contribution is 5.67. The summed E-state index contributed by atoms with van der Waals surface area (Å²) in [4.78, 5) is 21.1. The first-order chi connectivity index (χ1) is 6.11. The van der Waals surface area contributed by atoms with Gasteiger partial charge in [-0.3, -0.25) is 4.79 Å². The number of hydrogen-bond donors (Lipinski definition) is 2. The quantitative estimate of drug-likeness (QED) is 0.708. The minimum absolute atomic E-state index is 0.00454. The molecule has 0 saturated heterocycles. The Hall–Kier alpha value is -1.78. The van der Waals surface area contributed by atoms with Gasteiger partial charge >= 0.3 is 11.6 Å². The van der Waals surface area contributed by atoms with Crippen molar-refractivity contribution in [3.63, 3.8) is 0 Å². The lowest BCUT2D eigenvalue weighted by Crippen LogP contribution is -2.09. The van der Waals surface area contributed by atoms with Crippen LogP contribution in [-0.2, 0) is 11.2 Å². The van der Waals surface area contributed by atoms with Gasteiger partial charge in [0, 0.05) is 12.5 Å². The van der Waals surface area contributed by atoms with Crippen molar-refractivity contribution in [2.75, 3.05) is 0 Å². The van der Waals surface area contributed by atoms with Crippen molar-refractivity contribution in [2.45, 2.75) is 12.8 Å². The van der Waals surface area contributed by atoms with E-state index in [1.165, 1.54) is 6.07 Å². The Bertz CT molecular complexity index is 365. The molecule has 1 aromatic heterocycles. The van der Waals surface area contributed by atoms with E-state index >= 15 is 0 Å². The van der Waals surface area contributed by atoms with Crippen LogP contribution in [0.3, 0.4) is 0 Å². The van der Waals surface area contributed by atoms with Crippen molar-refractivity contribution in [3.05, 3.63) is 28.3 Å². The monoisotopic (exact) mass is 184 g/mol. The summed E-state index contributed by atoms with van der Waals surface area (Å²) < 4.78 is 4.46. The maximum absolute atomic E-state index is 10.9. The molecule has 0 aromatic carbocycles. The summed E-state index contributed by atoms with van der Waals surface area (Å²) in [5.74, 6) is -1.25. The van der Waals surface area contributed by atoms with E-state index in [2.05, 4.69) is 4.42 Å². The van der Waals surface area contributed by atoms with E-state index in [9.17, 15) is 9.59 Å². The Morgan fingerprint density at radius 1 is 1.54 bits per heavy atom. The first kappa shape index (κ1) is 9.31. The number of aliphatic carboxylic acids is 1. The zero-order chi connectivity index (χ0) is 9.84. The molecule has 0 aliphatic heterocycles. The molecule has 0 saturated carbocycles. The van der Waals surface area contributed by atoms with Crippen molar-refractivity contribution < 1.29 is 19.4 Å². The summed E-state index contributed by atoms with van der Waals surface area (Å²) in [6, 6.07) is 1.21. The molecular formula is C8H8O5. The molecule has 1 aromatic rings. The average Bonchev–Trinajstić information content (AvgIpc) is 2.03. The van der Waals surface area contributed by atoms with Gasteiger partial charge in [0.2, 0.25) is 0 Å². The molecule has 2 N–H and O–H groups in total. The third kappa shape index (κ3) is 2.33. The zero-order valence-electron chi connectivity index (χ0n) is 6.69. The highest BCUT2D eigenvalue weighted by atomic mass is 16.4. The van der Waals surface area contributed by atoms with E-state index in [0.29, 0.717) is 0 Å². The summed E-state index contributed by atoms with van der Waals surface area (Å²) in [5, 5.41) is 17.5. The van der Waals surface area contributed by atoms with Crippen LogP contribution >= 0.6 is 0 Å². The fraction of sp³-hybridized carbons (Fsp3) is 0.250. The number of carboxylic acid groups (broad SMARTS) is 1. The Morgan fingerprint density at radius 2 is 2.23 bits per heavy atom. The lowest BCUT2D eigenvalue weighted by molar-refractivity contribution is -0.136. The van der Waals surface area contributed by atoms with Gasteiger partial charge in [0.15, 0.2) is 0 Å². The van der Waals surface area contributed by atoms with Gasteiger partial charge in [-0.05, 0) is 6.42 Å². The fourth-order valence-corrected chi connectivity index (χ4v) is 0.899. The molecular weight excluding hydrogens is 176 g/mol. The molecule has 0 aliphatic rings. The smallest absolute Gasteiger partial charge is 0.342 e. The van der Waals surface area contributed by atoms with Crippen LogP contribution in [0, 0.1) is 0 Å². The fourth-order valence-electron chi connectivity index (χ4n) is 0.899. The van der Waals surface area contributed by atoms with Crippen LogP contribution in [0.4, 0.5) is 0 Å². The van der Waals surface area contributed by atoms with E-state index in [0.717, 1.165) is 6.26 Å². The first-order valence-electron chi connectivity index (χ1n) is 3.62. The van der Waals surface area contributed by atoms with Gasteiger partial charge in [0.1, 0.15) is 5.75 Å². The maximum Gasteiger partial charge on any atom is 0.342 e. The lowest BCUT2D eigenvalue weighted by atomic mass is 10.1. The topological polar surface area (TPSA) is 87.7 Å². The van der Waals surface area contributed by atoms with Gasteiger partial charge < -0.3 is 14.6 Å². The highest BCUT2D eigenvalue weighted by Gasteiger charge is 2.09. The predicted octanol–water partition coefficient (Wildman–Crippen LogP) is 0.363. The third-order valence-electron chi connectivity index (χ3n) is 1.55. The predicted molar refractivity (Wildman–Crippen MR) is 42.6 cm³/mol. The summed E-state index contributed by atoms with van der Waals surface area (Å²) in [5.41, 5.74) is -0.689. The van der Waals surface area contributed by atoms with E-state index in [4.69, 9.17) is 10.2 Å². The molecule has 0 bridgehead atoms. The van der Waals surface area contributed by atoms with E-state index in [-0.39, 0.29) is 24.2 Å². The number of hydrogen-bond acceptors (Lipinski definition) is 4. The van der Waals surface area contributed by atoms with Crippen molar-refractivity contribution in [1.82, 2.24) is 0 Å². The minimum atomic E-state index is -1.03. The van der Waals surface area contributed by atoms with Gasteiger partial charge in [0.05, 0.1) is 11.8 Å². The number of carboxylic acids is 1. The molecule has 70 valence electrons. The molecule has 0 spiro atoms. The van der Waals surface area contributed by atoms with Gasteiger partial charge in [-0.15, -0.1) is 0 Å². The summed E-state index contributed by atoms with van der Waals surface area (Å²) >= 11 is 0. The molecule has 1 rings (SSSR count). The molecule has 0 radical (unpaired) electrons. The van der Waals surface area contributed by atoms with E-state index in [1.54, 1.807) is 0 Å². The number of carbonyl (C=O) groups is 1. The molecule has 5 nitrogen and oxygen atoms in total. The van der Waals surface area contributed by atoms with Gasteiger partial charge in [-0.2, -0.15) is 0 Å². The molecule has 0 unspecified atom stereocenters. The normalized spacial score (nSPS) is 9.85. The van der Waals surface area contributed by atoms with Gasteiger partial charge in [0.25, 0.3) is 0 Å². The minimum Gasteiger partial charge on any atom is -0.507 e. The molecule has 0 amide bonds. The zero-order valence-corrected chi connectivity index (χ0v) is 6.69. The average molecular weight is 184 g/mol. The van der Waals surface area contributed by atoms with Crippen molar-refractivity contribution >= 4 is 5.97 Å². The Morgan fingerprint density at radius 3 is 2.77 bits per heavy atom. The number of rotatable bonds is 3. The van der Waals surface area contributed by atoms with Crippen LogP contribution in [0.25, 0.3) is 0 Å². The highest BCUT2D eigenvalue weighted by Crippen LogP contribution is 2.12. The molecule has 13 heavy (non-hydrogen) atoms. The molecule has 0 aliphatic carbocycles. The Kier molecular flexibility index (Phi) is 2.69. The molecule has 0 atom stereocenters. The summed E-state index contributed by atoms with van der Waals surface area (Å²) in [6.07, 6.45) is 0.828. The van der Waals surface area contributed by atoms with Crippen LogP contribution in [0.1, 0.15) is 12.0 Å². The lowest BCUT2D eigenvalue weighted by Gasteiger charge is -1.98. The summed E-state index contributed by atoms with van der Waals surface area (Å²) in [7, 11) is 0. The largest absolute Gasteiger partial charge is 0.507 e. The first-order valence-corrected chi connectivity index (χ1v) is 3.62.